The third-order valence-corrected chi connectivity index (χ3v) is 7.60. The van der Waals surface area contributed by atoms with Crippen LogP contribution in [0.15, 0.2) is 29.5 Å². The first-order valence-corrected chi connectivity index (χ1v) is 13.0. The smallest absolute Gasteiger partial charge is 0.338 e. The van der Waals surface area contributed by atoms with E-state index in [0.717, 1.165) is 19.3 Å². The Morgan fingerprint density at radius 2 is 1.76 bits per heavy atom. The van der Waals surface area contributed by atoms with E-state index in [2.05, 4.69) is 17.1 Å². The third kappa shape index (κ3) is 5.53. The van der Waals surface area contributed by atoms with Gasteiger partial charge in [-0.3, -0.25) is 14.6 Å². The number of benzene rings is 1. The van der Waals surface area contributed by atoms with Crippen LogP contribution in [0.1, 0.15) is 44.7 Å². The molecule has 10 nitrogen and oxygen atoms in total. The number of nitrogens with one attached hydrogen (secondary N) is 1. The summed E-state index contributed by atoms with van der Waals surface area (Å²) in [4.78, 5) is 44.9. The summed E-state index contributed by atoms with van der Waals surface area (Å²) in [5.74, 6) is 1.04. The lowest BCUT2D eigenvalue weighted by molar-refractivity contribution is -0.142. The topological polar surface area (TPSA) is 101 Å². The van der Waals surface area contributed by atoms with Crippen LogP contribution in [0.25, 0.3) is 0 Å². The average molecular weight is 515 g/mol. The van der Waals surface area contributed by atoms with E-state index in [1.54, 1.807) is 46.4 Å². The number of ether oxygens (including phenoxy) is 3. The predicted octanol–water partition coefficient (Wildman–Crippen LogP) is 2.55. The number of carbonyl (C=O) groups is 3. The van der Waals surface area contributed by atoms with Gasteiger partial charge < -0.3 is 24.4 Å². The summed E-state index contributed by atoms with van der Waals surface area (Å²) in [6.07, 6.45) is 3.10. The number of nitrogens with zero attached hydrogens (tertiary/aromatic N) is 3. The number of likely N-dealkylation sites (N-methyl/N-ethyl adjacent to an activating group) is 1. The maximum atomic E-state index is 13.3. The van der Waals surface area contributed by atoms with Gasteiger partial charge in [-0.25, -0.2) is 9.59 Å². The highest BCUT2D eigenvalue weighted by molar-refractivity contribution is 5.95. The molecule has 1 saturated heterocycles. The van der Waals surface area contributed by atoms with Crippen molar-refractivity contribution in [2.75, 3.05) is 54.1 Å². The van der Waals surface area contributed by atoms with Crippen molar-refractivity contribution < 1.29 is 28.6 Å². The molecule has 2 unspecified atom stereocenters. The Morgan fingerprint density at radius 1 is 1.08 bits per heavy atom. The Kier molecular flexibility index (Phi) is 8.26. The maximum Gasteiger partial charge on any atom is 0.338 e. The fourth-order valence-corrected chi connectivity index (χ4v) is 5.25. The summed E-state index contributed by atoms with van der Waals surface area (Å²) in [7, 11) is 4.76. The van der Waals surface area contributed by atoms with Crippen LogP contribution in [0, 0.1) is 5.92 Å². The Morgan fingerprint density at radius 3 is 2.30 bits per heavy atom. The minimum atomic E-state index is -0.736. The molecular formula is C27H38N4O6. The second-order valence-electron chi connectivity index (χ2n) is 9.91. The minimum absolute atomic E-state index is 0.0506. The Balaban J connectivity index is 1.65. The molecule has 4 rings (SSSR count). The van der Waals surface area contributed by atoms with Gasteiger partial charge in [-0.15, -0.1) is 0 Å². The predicted molar refractivity (Wildman–Crippen MR) is 137 cm³/mol. The molecule has 3 amide bonds. The van der Waals surface area contributed by atoms with Gasteiger partial charge in [0.25, 0.3) is 0 Å². The van der Waals surface area contributed by atoms with Crippen molar-refractivity contribution >= 4 is 17.9 Å². The van der Waals surface area contributed by atoms with Crippen molar-refractivity contribution in [3.05, 3.63) is 35.0 Å². The lowest BCUT2D eigenvalue weighted by Gasteiger charge is -2.44. The molecule has 2 fully saturated rings. The molecule has 1 saturated carbocycles. The molecule has 0 bridgehead atoms. The molecular weight excluding hydrogens is 476 g/mol. The highest BCUT2D eigenvalue weighted by atomic mass is 16.5. The zero-order valence-electron chi connectivity index (χ0n) is 22.4. The lowest BCUT2D eigenvalue weighted by atomic mass is 9.84. The van der Waals surface area contributed by atoms with Crippen molar-refractivity contribution in [3.8, 4) is 11.5 Å². The summed E-state index contributed by atoms with van der Waals surface area (Å²) >= 11 is 0. The average Bonchev–Trinajstić information content (AvgIpc) is 2.85. The standard InChI is InChI=1S/C27H38N4O6/c1-6-37-26(33)23-22(16-30-10-11-31(17(2)15-30)25(32)18-8-7-9-18)29(3)27(34)28-24(23)19-12-20(35-4)14-21(13-19)36-5/h12-14,17-18,24H,6-11,15-16H2,1-5H3,(H,28,34). The molecule has 2 atom stereocenters. The van der Waals surface area contributed by atoms with Gasteiger partial charge in [0, 0.05) is 56.9 Å². The Bertz CT molecular complexity index is 1050. The van der Waals surface area contributed by atoms with Crippen LogP contribution < -0.4 is 14.8 Å². The third-order valence-electron chi connectivity index (χ3n) is 7.60. The molecule has 1 aliphatic carbocycles. The molecule has 3 aliphatic rings. The number of hydrogen-bond donors (Lipinski definition) is 1. The molecule has 2 heterocycles. The van der Waals surface area contributed by atoms with Crippen molar-refractivity contribution in [1.82, 2.24) is 20.0 Å². The van der Waals surface area contributed by atoms with Gasteiger partial charge in [0.05, 0.1) is 32.4 Å². The van der Waals surface area contributed by atoms with E-state index >= 15 is 0 Å². The van der Waals surface area contributed by atoms with E-state index in [0.29, 0.717) is 54.5 Å². The van der Waals surface area contributed by atoms with E-state index in [-0.39, 0.29) is 30.5 Å². The van der Waals surface area contributed by atoms with Crippen LogP contribution >= 0.6 is 0 Å². The van der Waals surface area contributed by atoms with Crippen molar-refractivity contribution in [3.63, 3.8) is 0 Å². The molecule has 1 N–H and O–H groups in total. The second kappa shape index (κ2) is 11.4. The van der Waals surface area contributed by atoms with Gasteiger partial charge >= 0.3 is 12.0 Å². The van der Waals surface area contributed by atoms with Gasteiger partial charge in [-0.1, -0.05) is 6.42 Å². The summed E-state index contributed by atoms with van der Waals surface area (Å²) in [5.41, 5.74) is 1.61. The van der Waals surface area contributed by atoms with E-state index < -0.39 is 12.0 Å². The number of amides is 3. The first-order valence-electron chi connectivity index (χ1n) is 13.0. The Labute approximate surface area is 218 Å². The van der Waals surface area contributed by atoms with Gasteiger partial charge in [0.1, 0.15) is 11.5 Å². The zero-order valence-corrected chi connectivity index (χ0v) is 22.4. The quantitative estimate of drug-likeness (QED) is 0.532. The summed E-state index contributed by atoms with van der Waals surface area (Å²) in [6, 6.07) is 4.29. The van der Waals surface area contributed by atoms with Crippen molar-refractivity contribution in [2.45, 2.75) is 45.2 Å². The normalized spacial score (nSPS) is 22.9. The molecule has 2 aliphatic heterocycles. The molecule has 10 heteroatoms. The zero-order chi connectivity index (χ0) is 26.7. The number of urea groups is 1. The van der Waals surface area contributed by atoms with E-state index in [9.17, 15) is 14.4 Å². The van der Waals surface area contributed by atoms with Gasteiger partial charge in [0.15, 0.2) is 0 Å². The van der Waals surface area contributed by atoms with Crippen LogP contribution in [0.5, 0.6) is 11.5 Å². The van der Waals surface area contributed by atoms with Crippen molar-refractivity contribution in [2.24, 2.45) is 5.92 Å². The fourth-order valence-electron chi connectivity index (χ4n) is 5.25. The molecule has 1 aromatic carbocycles. The van der Waals surface area contributed by atoms with Crippen LogP contribution in [-0.2, 0) is 14.3 Å². The molecule has 37 heavy (non-hydrogen) atoms. The highest BCUT2D eigenvalue weighted by Crippen LogP contribution is 2.36. The second-order valence-corrected chi connectivity index (χ2v) is 9.91. The lowest BCUT2D eigenvalue weighted by Crippen LogP contribution is -2.57. The summed E-state index contributed by atoms with van der Waals surface area (Å²) in [5, 5.41) is 2.94. The Hall–Kier alpha value is -3.27. The molecule has 0 aromatic heterocycles. The van der Waals surface area contributed by atoms with Gasteiger partial charge in [-0.2, -0.15) is 0 Å². The summed E-state index contributed by atoms with van der Waals surface area (Å²) in [6.45, 7) is 6.36. The first-order chi connectivity index (χ1) is 17.8. The van der Waals surface area contributed by atoms with E-state index in [4.69, 9.17) is 14.2 Å². The number of rotatable bonds is 8. The van der Waals surface area contributed by atoms with E-state index in [1.165, 1.54) is 4.90 Å². The molecule has 1 aromatic rings. The first kappa shape index (κ1) is 26.8. The number of carbonyl (C=O) groups excluding carboxylic acids is 3. The molecule has 0 spiro atoms. The number of piperazine rings is 1. The molecule has 202 valence electrons. The van der Waals surface area contributed by atoms with Crippen LogP contribution in [0.3, 0.4) is 0 Å². The van der Waals surface area contributed by atoms with Gasteiger partial charge in [-0.05, 0) is 44.4 Å². The SMILES string of the molecule is CCOC(=O)C1=C(CN2CCN(C(=O)C3CCC3)C(C)C2)N(C)C(=O)NC1c1cc(OC)cc(OC)c1. The van der Waals surface area contributed by atoms with E-state index in [1.807, 2.05) is 4.90 Å². The summed E-state index contributed by atoms with van der Waals surface area (Å²) < 4.78 is 16.3. The largest absolute Gasteiger partial charge is 0.497 e. The van der Waals surface area contributed by atoms with Crippen LogP contribution in [0.2, 0.25) is 0 Å². The highest BCUT2D eigenvalue weighted by Gasteiger charge is 2.39. The maximum absolute atomic E-state index is 13.3. The van der Waals surface area contributed by atoms with Crippen LogP contribution in [-0.4, -0.2) is 92.7 Å². The number of methoxy groups -OCH3 is 2. The number of esters is 1. The number of hydrogen-bond acceptors (Lipinski definition) is 7. The fraction of sp³-hybridized carbons (Fsp3) is 0.593. The van der Waals surface area contributed by atoms with Gasteiger partial charge in [0.2, 0.25) is 5.91 Å². The monoisotopic (exact) mass is 514 g/mol. The van der Waals surface area contributed by atoms with Crippen molar-refractivity contribution in [1.29, 1.82) is 0 Å². The molecule has 0 radical (unpaired) electrons. The van der Waals surface area contributed by atoms with Crippen LogP contribution in [0.4, 0.5) is 4.79 Å². The minimum Gasteiger partial charge on any atom is -0.497 e.